The summed E-state index contributed by atoms with van der Waals surface area (Å²) in [6.07, 6.45) is 2.32. The van der Waals surface area contributed by atoms with Crippen LogP contribution in [0.5, 0.6) is 0 Å². The molecule has 1 fully saturated rings. The number of piperidine rings is 1. The zero-order valence-corrected chi connectivity index (χ0v) is 11.1. The maximum Gasteiger partial charge on any atom is 0.317 e. The summed E-state index contributed by atoms with van der Waals surface area (Å²) in [5.74, 6) is -1.54. The van der Waals surface area contributed by atoms with Gasteiger partial charge in [-0.3, -0.25) is 4.79 Å². The molecule has 0 radical (unpaired) electrons. The van der Waals surface area contributed by atoms with Gasteiger partial charge in [0.05, 0.1) is 11.7 Å². The summed E-state index contributed by atoms with van der Waals surface area (Å²) >= 11 is 0. The van der Waals surface area contributed by atoms with Crippen LogP contribution in [0.25, 0.3) is 0 Å². The van der Waals surface area contributed by atoms with Crippen molar-refractivity contribution in [2.24, 2.45) is 5.92 Å². The Morgan fingerprint density at radius 2 is 2.11 bits per heavy atom. The summed E-state index contributed by atoms with van der Waals surface area (Å²) < 4.78 is 21.8. The zero-order valence-electron chi connectivity index (χ0n) is 10.3. The summed E-state index contributed by atoms with van der Waals surface area (Å²) in [6, 6.07) is -0.399. The lowest BCUT2D eigenvalue weighted by atomic mass is 9.99. The summed E-state index contributed by atoms with van der Waals surface area (Å²) in [5.41, 5.74) is 0. The smallest absolute Gasteiger partial charge is 0.317 e. The van der Waals surface area contributed by atoms with Gasteiger partial charge >= 0.3 is 12.0 Å². The van der Waals surface area contributed by atoms with Gasteiger partial charge in [0.2, 0.25) is 0 Å². The van der Waals surface area contributed by atoms with E-state index in [2.05, 4.69) is 5.32 Å². The highest BCUT2D eigenvalue weighted by molar-refractivity contribution is 7.90. The van der Waals surface area contributed by atoms with E-state index in [1.54, 1.807) is 0 Å². The van der Waals surface area contributed by atoms with Crippen LogP contribution < -0.4 is 5.32 Å². The second-order valence-electron chi connectivity index (χ2n) is 4.49. The molecule has 0 aromatic carbocycles. The Kier molecular flexibility index (Phi) is 4.94. The van der Waals surface area contributed by atoms with Crippen molar-refractivity contribution >= 4 is 21.8 Å². The average molecular weight is 278 g/mol. The molecule has 0 aromatic heterocycles. The Balaban J connectivity index is 2.39. The molecule has 0 aliphatic carbocycles. The number of hydrogen-bond donors (Lipinski definition) is 2. The van der Waals surface area contributed by atoms with Crippen LogP contribution in [-0.4, -0.2) is 62.1 Å². The van der Waals surface area contributed by atoms with E-state index in [9.17, 15) is 18.0 Å². The van der Waals surface area contributed by atoms with Crippen LogP contribution >= 0.6 is 0 Å². The van der Waals surface area contributed by atoms with Crippen molar-refractivity contribution in [1.82, 2.24) is 10.2 Å². The van der Waals surface area contributed by atoms with Crippen LogP contribution in [0.3, 0.4) is 0 Å². The van der Waals surface area contributed by atoms with E-state index in [1.807, 2.05) is 0 Å². The highest BCUT2D eigenvalue weighted by atomic mass is 32.2. The van der Waals surface area contributed by atoms with Gasteiger partial charge in [0.1, 0.15) is 9.84 Å². The van der Waals surface area contributed by atoms with E-state index in [1.165, 1.54) is 4.90 Å². The van der Waals surface area contributed by atoms with Gasteiger partial charge in [0, 0.05) is 25.9 Å². The van der Waals surface area contributed by atoms with Gasteiger partial charge in [0.25, 0.3) is 0 Å². The fraction of sp³-hybridized carbons (Fsp3) is 0.800. The lowest BCUT2D eigenvalue weighted by Gasteiger charge is -2.30. The first-order valence-electron chi connectivity index (χ1n) is 5.73. The molecule has 18 heavy (non-hydrogen) atoms. The quantitative estimate of drug-likeness (QED) is 0.724. The van der Waals surface area contributed by atoms with E-state index in [0.717, 1.165) is 6.26 Å². The van der Waals surface area contributed by atoms with E-state index < -0.39 is 27.8 Å². The molecule has 0 aromatic rings. The Morgan fingerprint density at radius 1 is 1.44 bits per heavy atom. The fourth-order valence-corrected chi connectivity index (χ4v) is 2.29. The molecule has 7 nitrogen and oxygen atoms in total. The number of carbonyl (C=O) groups excluding carboxylic acids is 1. The van der Waals surface area contributed by atoms with Crippen LogP contribution in [0.4, 0.5) is 4.79 Å². The van der Waals surface area contributed by atoms with Crippen molar-refractivity contribution in [2.45, 2.75) is 12.8 Å². The van der Waals surface area contributed by atoms with Gasteiger partial charge in [-0.2, -0.15) is 0 Å². The molecule has 1 aliphatic rings. The molecule has 0 spiro atoms. The molecule has 1 atom stereocenters. The second-order valence-corrected chi connectivity index (χ2v) is 6.74. The van der Waals surface area contributed by atoms with Gasteiger partial charge in [0.15, 0.2) is 0 Å². The van der Waals surface area contributed by atoms with Crippen molar-refractivity contribution in [3.8, 4) is 0 Å². The minimum Gasteiger partial charge on any atom is -0.481 e. The van der Waals surface area contributed by atoms with Gasteiger partial charge in [-0.1, -0.05) is 0 Å². The van der Waals surface area contributed by atoms with Crippen molar-refractivity contribution in [2.75, 3.05) is 31.6 Å². The summed E-state index contributed by atoms with van der Waals surface area (Å²) in [7, 11) is -3.10. The molecule has 0 unspecified atom stereocenters. The van der Waals surface area contributed by atoms with Crippen molar-refractivity contribution < 1.29 is 23.1 Å². The third kappa shape index (κ3) is 4.91. The van der Waals surface area contributed by atoms with Crippen molar-refractivity contribution in [3.63, 3.8) is 0 Å². The maximum atomic E-state index is 11.7. The Hall–Kier alpha value is -1.31. The molecule has 1 saturated heterocycles. The molecule has 2 amide bonds. The van der Waals surface area contributed by atoms with Gasteiger partial charge in [-0.05, 0) is 12.8 Å². The van der Waals surface area contributed by atoms with Crippen LogP contribution in [0.15, 0.2) is 0 Å². The highest BCUT2D eigenvalue weighted by Crippen LogP contribution is 2.16. The first kappa shape index (κ1) is 14.7. The molecule has 1 rings (SSSR count). The van der Waals surface area contributed by atoms with E-state index >= 15 is 0 Å². The number of carbonyl (C=O) groups is 2. The van der Waals surface area contributed by atoms with Crippen LogP contribution in [0.2, 0.25) is 0 Å². The largest absolute Gasteiger partial charge is 0.481 e. The highest BCUT2D eigenvalue weighted by Gasteiger charge is 2.27. The minimum atomic E-state index is -3.10. The number of aliphatic carboxylic acids is 1. The average Bonchev–Trinajstić information content (AvgIpc) is 2.27. The van der Waals surface area contributed by atoms with Gasteiger partial charge in [-0.15, -0.1) is 0 Å². The topological polar surface area (TPSA) is 104 Å². The normalized spacial score (nSPS) is 20.5. The summed E-state index contributed by atoms with van der Waals surface area (Å²) in [6.45, 7) is 0.737. The predicted octanol–water partition coefficient (Wildman–Crippen LogP) is -0.463. The Bertz CT molecular complexity index is 420. The summed E-state index contributed by atoms with van der Waals surface area (Å²) in [4.78, 5) is 23.9. The number of rotatable bonds is 4. The lowest BCUT2D eigenvalue weighted by Crippen LogP contribution is -2.47. The molecule has 0 bridgehead atoms. The number of carboxylic acids is 1. The Morgan fingerprint density at radius 3 is 2.67 bits per heavy atom. The number of hydrogen-bond acceptors (Lipinski definition) is 4. The SMILES string of the molecule is CS(=O)(=O)CCNC(=O)N1CCC[C@H](C(=O)O)C1. The number of likely N-dealkylation sites (tertiary alicyclic amines) is 1. The third-order valence-electron chi connectivity index (χ3n) is 2.81. The van der Waals surface area contributed by atoms with Crippen molar-refractivity contribution in [3.05, 3.63) is 0 Å². The van der Waals surface area contributed by atoms with Crippen LogP contribution in [0, 0.1) is 5.92 Å². The molecule has 2 N–H and O–H groups in total. The molecule has 1 heterocycles. The van der Waals surface area contributed by atoms with E-state index in [0.29, 0.717) is 19.4 Å². The second kappa shape index (κ2) is 6.03. The number of nitrogens with one attached hydrogen (secondary N) is 1. The minimum absolute atomic E-state index is 0.0475. The molecule has 8 heteroatoms. The monoisotopic (exact) mass is 278 g/mol. The van der Waals surface area contributed by atoms with E-state index in [-0.39, 0.29) is 18.8 Å². The Labute approximate surface area is 106 Å². The molecular weight excluding hydrogens is 260 g/mol. The van der Waals surface area contributed by atoms with Crippen LogP contribution in [0.1, 0.15) is 12.8 Å². The summed E-state index contributed by atoms with van der Waals surface area (Å²) in [5, 5.41) is 11.4. The number of nitrogens with zero attached hydrogens (tertiary/aromatic N) is 1. The number of amides is 2. The fourth-order valence-electron chi connectivity index (χ4n) is 1.82. The number of urea groups is 1. The van der Waals surface area contributed by atoms with Gasteiger partial charge < -0.3 is 15.3 Å². The maximum absolute atomic E-state index is 11.7. The van der Waals surface area contributed by atoms with Crippen LogP contribution in [-0.2, 0) is 14.6 Å². The standard InChI is InChI=1S/C10H18N2O5S/c1-18(16,17)6-4-11-10(15)12-5-2-3-8(7-12)9(13)14/h8H,2-7H2,1H3,(H,11,15)(H,13,14)/t8-/m0/s1. The van der Waals surface area contributed by atoms with Gasteiger partial charge in [-0.25, -0.2) is 13.2 Å². The molecular formula is C10H18N2O5S. The predicted molar refractivity (Wildman–Crippen MR) is 65.0 cm³/mol. The first-order chi connectivity index (χ1) is 8.29. The van der Waals surface area contributed by atoms with Crippen molar-refractivity contribution in [1.29, 1.82) is 0 Å². The first-order valence-corrected chi connectivity index (χ1v) is 7.79. The number of sulfone groups is 1. The lowest BCUT2D eigenvalue weighted by molar-refractivity contribution is -0.143. The molecule has 0 saturated carbocycles. The molecule has 104 valence electrons. The molecule has 1 aliphatic heterocycles. The third-order valence-corrected chi connectivity index (χ3v) is 3.75. The zero-order chi connectivity index (χ0) is 13.8. The van der Waals surface area contributed by atoms with E-state index in [4.69, 9.17) is 5.11 Å². The number of carboxylic acid groups (broad SMARTS) is 1.